The van der Waals surface area contributed by atoms with Crippen LogP contribution in [0, 0.1) is 11.3 Å². The van der Waals surface area contributed by atoms with Gasteiger partial charge in [0.05, 0.1) is 29.3 Å². The van der Waals surface area contributed by atoms with Gasteiger partial charge in [-0.3, -0.25) is 19.7 Å². The predicted octanol–water partition coefficient (Wildman–Crippen LogP) is 4.49. The molecule has 1 fully saturated rings. The minimum Gasteiger partial charge on any atom is -0.490 e. The number of aromatic nitrogens is 1. The van der Waals surface area contributed by atoms with Gasteiger partial charge in [-0.1, -0.05) is 23.7 Å². The molecule has 2 atom stereocenters. The minimum absolute atomic E-state index is 0.0555. The molecule has 0 aliphatic carbocycles. The lowest BCUT2D eigenvalue weighted by Crippen LogP contribution is -2.55. The Bertz CT molecular complexity index is 1450. The normalized spacial score (nSPS) is 18.9. The van der Waals surface area contributed by atoms with E-state index in [1.807, 2.05) is 38.1 Å². The Morgan fingerprint density at radius 3 is 2.54 bits per heavy atom. The van der Waals surface area contributed by atoms with Gasteiger partial charge in [-0.25, -0.2) is 4.79 Å². The molecule has 2 aliphatic heterocycles. The molecule has 39 heavy (non-hydrogen) atoms. The van der Waals surface area contributed by atoms with Crippen LogP contribution < -0.4 is 10.1 Å². The Labute approximate surface area is 231 Å². The number of hydrogen-bond acceptors (Lipinski definition) is 6. The van der Waals surface area contributed by atoms with Crippen LogP contribution in [-0.2, 0) is 4.79 Å². The summed E-state index contributed by atoms with van der Waals surface area (Å²) >= 11 is 6.19. The summed E-state index contributed by atoms with van der Waals surface area (Å²) in [6.07, 6.45) is 3.17. The monoisotopic (exact) mass is 542 g/mol. The van der Waals surface area contributed by atoms with Gasteiger partial charge >= 0.3 is 6.03 Å². The highest BCUT2D eigenvalue weighted by atomic mass is 35.5. The molecule has 0 radical (unpaired) electrons. The number of benzene rings is 2. The molecule has 9 nitrogen and oxygen atoms in total. The maximum Gasteiger partial charge on any atom is 0.326 e. The third kappa shape index (κ3) is 5.42. The van der Waals surface area contributed by atoms with Crippen molar-refractivity contribution < 1.29 is 14.3 Å². The largest absolute Gasteiger partial charge is 0.490 e. The van der Waals surface area contributed by atoms with Crippen LogP contribution in [0.4, 0.5) is 4.79 Å². The summed E-state index contributed by atoms with van der Waals surface area (Å²) < 4.78 is 6.11. The second-order valence-corrected chi connectivity index (χ2v) is 10.0. The summed E-state index contributed by atoms with van der Waals surface area (Å²) in [6, 6.07) is 17.0. The highest BCUT2D eigenvalue weighted by Crippen LogP contribution is 2.45. The first-order valence-electron chi connectivity index (χ1n) is 12.6. The fourth-order valence-corrected chi connectivity index (χ4v) is 4.96. The number of rotatable bonds is 5. The molecule has 1 N–H and O–H groups in total. The van der Waals surface area contributed by atoms with Crippen LogP contribution in [0.2, 0.25) is 5.02 Å². The first-order chi connectivity index (χ1) is 18.9. The fraction of sp³-hybridized carbons (Fsp3) is 0.276. The van der Waals surface area contributed by atoms with E-state index in [1.54, 1.807) is 47.6 Å². The molecule has 0 bridgehead atoms. The van der Waals surface area contributed by atoms with Crippen molar-refractivity contribution in [1.29, 1.82) is 5.26 Å². The van der Waals surface area contributed by atoms with Crippen molar-refractivity contribution in [1.82, 2.24) is 20.1 Å². The molecule has 0 spiro atoms. The molecule has 10 heteroatoms. The van der Waals surface area contributed by atoms with Gasteiger partial charge in [0.2, 0.25) is 5.91 Å². The van der Waals surface area contributed by atoms with E-state index in [2.05, 4.69) is 16.4 Å². The number of piperazine rings is 1. The van der Waals surface area contributed by atoms with Gasteiger partial charge < -0.3 is 15.0 Å². The first-order valence-corrected chi connectivity index (χ1v) is 13.0. The average Bonchev–Trinajstić information content (AvgIpc) is 3.33. The van der Waals surface area contributed by atoms with E-state index in [9.17, 15) is 14.9 Å². The van der Waals surface area contributed by atoms with Crippen molar-refractivity contribution in [2.24, 2.45) is 4.99 Å². The molecule has 198 valence electrons. The SMILES string of the molecule is CC(C)Oc1cc(C#N)ccc1C1=N[C@@H](c2ccc(Cl)cc2)[C@@H](c2ccncc2)N1C(=O)N1CCNC(=O)C1. The summed E-state index contributed by atoms with van der Waals surface area (Å²) in [5, 5.41) is 12.9. The topological polar surface area (TPSA) is 111 Å². The zero-order valence-electron chi connectivity index (χ0n) is 21.5. The number of ether oxygens (including phenoxy) is 1. The lowest BCUT2D eigenvalue weighted by molar-refractivity contribution is -0.123. The first kappa shape index (κ1) is 26.2. The second kappa shape index (κ2) is 11.1. The molecule has 3 aromatic rings. The Morgan fingerprint density at radius 2 is 1.87 bits per heavy atom. The van der Waals surface area contributed by atoms with Gasteiger partial charge in [0.1, 0.15) is 24.2 Å². The zero-order valence-corrected chi connectivity index (χ0v) is 22.3. The van der Waals surface area contributed by atoms with Crippen LogP contribution in [0.25, 0.3) is 0 Å². The predicted molar refractivity (Wildman–Crippen MR) is 146 cm³/mol. The van der Waals surface area contributed by atoms with Gasteiger partial charge in [0, 0.05) is 30.5 Å². The number of nitrogens with one attached hydrogen (secondary N) is 1. The van der Waals surface area contributed by atoms with Crippen LogP contribution in [0.15, 0.2) is 72.0 Å². The number of aliphatic imine (C=N–C) groups is 1. The Hall–Kier alpha value is -4.42. The van der Waals surface area contributed by atoms with Crippen molar-refractivity contribution in [2.75, 3.05) is 19.6 Å². The van der Waals surface area contributed by atoms with Gasteiger partial charge in [0.15, 0.2) is 0 Å². The lowest BCUT2D eigenvalue weighted by atomic mass is 9.94. The number of hydrogen-bond donors (Lipinski definition) is 1. The van der Waals surface area contributed by atoms with Crippen LogP contribution in [-0.4, -0.2) is 58.3 Å². The number of nitrogens with zero attached hydrogens (tertiary/aromatic N) is 5. The highest BCUT2D eigenvalue weighted by Gasteiger charge is 2.45. The third-order valence-corrected chi connectivity index (χ3v) is 6.81. The number of amidine groups is 1. The van der Waals surface area contributed by atoms with E-state index >= 15 is 0 Å². The van der Waals surface area contributed by atoms with Crippen LogP contribution in [0.5, 0.6) is 5.75 Å². The number of carbonyl (C=O) groups is 2. The molecule has 2 aliphatic rings. The molecular weight excluding hydrogens is 516 g/mol. The lowest BCUT2D eigenvalue weighted by Gasteiger charge is -2.35. The molecule has 1 aromatic heterocycles. The average molecular weight is 543 g/mol. The molecule has 3 heterocycles. The van der Waals surface area contributed by atoms with Crippen LogP contribution in [0.1, 0.15) is 48.2 Å². The van der Waals surface area contributed by atoms with Crippen molar-refractivity contribution >= 4 is 29.4 Å². The Balaban J connectivity index is 1.71. The van der Waals surface area contributed by atoms with Crippen LogP contribution >= 0.6 is 11.6 Å². The standard InChI is InChI=1S/C29H27ClN6O3/c1-18(2)39-24-15-19(16-31)3-8-23(24)28-34-26(20-4-6-22(30)7-5-20)27(21-9-11-32-12-10-21)36(28)29(38)35-14-13-33-25(37)17-35/h3-12,15,18,26-27H,13-14,17H2,1-2H3,(H,33,37)/t26-,27+/m0/s1. The number of urea groups is 1. The maximum absolute atomic E-state index is 14.3. The Morgan fingerprint density at radius 1 is 1.13 bits per heavy atom. The number of halogens is 1. The molecular formula is C29H27ClN6O3. The molecule has 2 aromatic carbocycles. The fourth-order valence-electron chi connectivity index (χ4n) is 4.84. The summed E-state index contributed by atoms with van der Waals surface area (Å²) in [4.78, 5) is 39.0. The van der Waals surface area contributed by atoms with Gasteiger partial charge in [0.25, 0.3) is 0 Å². The van der Waals surface area contributed by atoms with E-state index in [4.69, 9.17) is 21.3 Å². The summed E-state index contributed by atoms with van der Waals surface area (Å²) in [7, 11) is 0. The van der Waals surface area contributed by atoms with Crippen molar-refractivity contribution in [3.63, 3.8) is 0 Å². The summed E-state index contributed by atoms with van der Waals surface area (Å²) in [5.74, 6) is 0.624. The van der Waals surface area contributed by atoms with Crippen LogP contribution in [0.3, 0.4) is 0 Å². The van der Waals surface area contributed by atoms with Gasteiger partial charge in [-0.05, 0) is 67.4 Å². The van der Waals surface area contributed by atoms with Crippen molar-refractivity contribution in [2.45, 2.75) is 32.0 Å². The number of pyridine rings is 1. The molecule has 0 unspecified atom stereocenters. The van der Waals surface area contributed by atoms with Gasteiger partial charge in [-0.15, -0.1) is 0 Å². The van der Waals surface area contributed by atoms with Crippen molar-refractivity contribution in [3.05, 3.63) is 94.3 Å². The van der Waals surface area contributed by atoms with Crippen molar-refractivity contribution in [3.8, 4) is 11.8 Å². The van der Waals surface area contributed by atoms with E-state index in [0.717, 1.165) is 11.1 Å². The second-order valence-electron chi connectivity index (χ2n) is 9.59. The minimum atomic E-state index is -0.538. The van der Waals surface area contributed by atoms with E-state index in [1.165, 1.54) is 4.90 Å². The zero-order chi connectivity index (χ0) is 27.5. The highest BCUT2D eigenvalue weighted by molar-refractivity contribution is 6.30. The Kier molecular flexibility index (Phi) is 7.48. The van der Waals surface area contributed by atoms with E-state index in [-0.39, 0.29) is 24.6 Å². The number of amides is 3. The number of nitriles is 1. The molecule has 3 amide bonds. The third-order valence-electron chi connectivity index (χ3n) is 6.56. The van der Waals surface area contributed by atoms with E-state index < -0.39 is 12.1 Å². The van der Waals surface area contributed by atoms with E-state index in [0.29, 0.717) is 40.8 Å². The smallest absolute Gasteiger partial charge is 0.326 e. The van der Waals surface area contributed by atoms with Gasteiger partial charge in [-0.2, -0.15) is 5.26 Å². The molecule has 0 saturated carbocycles. The number of carbonyl (C=O) groups excluding carboxylic acids is 2. The molecule has 1 saturated heterocycles. The quantitative estimate of drug-likeness (QED) is 0.510. The maximum atomic E-state index is 14.3. The molecule has 5 rings (SSSR count). The summed E-state index contributed by atoms with van der Waals surface area (Å²) in [6.45, 7) is 4.46. The summed E-state index contributed by atoms with van der Waals surface area (Å²) in [5.41, 5.74) is 2.70.